The summed E-state index contributed by atoms with van der Waals surface area (Å²) < 4.78 is 5.14. The van der Waals surface area contributed by atoms with Gasteiger partial charge in [-0.25, -0.2) is 4.79 Å². The number of fused-ring (bicyclic) bond motifs is 1. The van der Waals surface area contributed by atoms with Gasteiger partial charge in [-0.1, -0.05) is 35.4 Å². The molecule has 0 radical (unpaired) electrons. The summed E-state index contributed by atoms with van der Waals surface area (Å²) in [5, 5.41) is 18.9. The molecular formula is C28H26ClN5O4S. The Morgan fingerprint density at radius 2 is 2.08 bits per heavy atom. The number of ether oxygens (including phenoxy) is 1. The highest BCUT2D eigenvalue weighted by Gasteiger charge is 2.25. The minimum atomic E-state index is -0.483. The normalized spacial score (nSPS) is 16.1. The first-order valence-electron chi connectivity index (χ1n) is 12.5. The molecule has 3 aromatic rings. The van der Waals surface area contributed by atoms with Gasteiger partial charge in [0.05, 0.1) is 33.3 Å². The average Bonchev–Trinajstić information content (AvgIpc) is 3.22. The third kappa shape index (κ3) is 5.71. The standard InChI is InChI=1S/C28H26ClN5O4S/c1-3-38-27(37)19-14-31-21-10-7-15(11-18(21)24(19)30-2)12-23-26(36)34-28(39-23)33-22-13-17(8-9-20(22)29)32-25(35)16-5-4-6-16/h7-14,16,36H,3-6H2,1-2H3,(H,32,35)(H,33,34)/b15-12+,30-24?. The van der Waals surface area contributed by atoms with E-state index in [4.69, 9.17) is 16.3 Å². The predicted molar refractivity (Wildman–Crippen MR) is 152 cm³/mol. The molecule has 1 aliphatic heterocycles. The lowest BCUT2D eigenvalue weighted by atomic mass is 9.85. The number of carbonyl (C=O) groups is 2. The molecule has 1 aliphatic carbocycles. The van der Waals surface area contributed by atoms with E-state index in [1.807, 2.05) is 18.2 Å². The van der Waals surface area contributed by atoms with E-state index in [0.29, 0.717) is 48.6 Å². The number of rotatable bonds is 7. The Hall–Kier alpha value is -4.02. The SMILES string of the molecule is CCOC(=O)C1=CN=c2cc/c(=C\c3sc(Nc4cc(NC(=O)C5CCC5)ccc4Cl)nc3O)cc2C1=NC. The second-order valence-corrected chi connectivity index (χ2v) is 10.5. The molecule has 0 bridgehead atoms. The third-order valence-corrected chi connectivity index (χ3v) is 7.70. The quantitative estimate of drug-likeness (QED) is 0.368. The summed E-state index contributed by atoms with van der Waals surface area (Å²) in [6, 6.07) is 10.7. The predicted octanol–water partition coefficient (Wildman–Crippen LogP) is 4.31. The van der Waals surface area contributed by atoms with Crippen molar-refractivity contribution in [3.63, 3.8) is 0 Å². The number of halogens is 1. The molecule has 39 heavy (non-hydrogen) atoms. The molecular weight excluding hydrogens is 538 g/mol. The molecule has 2 heterocycles. The van der Waals surface area contributed by atoms with Gasteiger partial charge in [-0.05, 0) is 61.4 Å². The van der Waals surface area contributed by atoms with E-state index in [-0.39, 0.29) is 24.3 Å². The zero-order valence-electron chi connectivity index (χ0n) is 21.3. The minimum Gasteiger partial charge on any atom is -0.492 e. The number of benzene rings is 2. The van der Waals surface area contributed by atoms with Gasteiger partial charge < -0.3 is 20.5 Å². The molecule has 2 aromatic carbocycles. The summed E-state index contributed by atoms with van der Waals surface area (Å²) >= 11 is 7.62. The van der Waals surface area contributed by atoms with E-state index in [0.717, 1.165) is 24.5 Å². The Labute approximate surface area is 233 Å². The number of nitrogens with zero attached hydrogens (tertiary/aromatic N) is 3. The number of aliphatic imine (C=N–C) groups is 1. The Morgan fingerprint density at radius 3 is 2.79 bits per heavy atom. The number of hydrogen-bond donors (Lipinski definition) is 3. The Morgan fingerprint density at radius 1 is 1.26 bits per heavy atom. The van der Waals surface area contributed by atoms with Gasteiger partial charge in [0.25, 0.3) is 0 Å². The lowest BCUT2D eigenvalue weighted by molar-refractivity contribution is -0.137. The van der Waals surface area contributed by atoms with Crippen LogP contribution in [-0.2, 0) is 14.3 Å². The summed E-state index contributed by atoms with van der Waals surface area (Å²) in [6.07, 6.45) is 6.16. The molecule has 11 heteroatoms. The highest BCUT2D eigenvalue weighted by atomic mass is 35.5. The fourth-order valence-electron chi connectivity index (χ4n) is 4.24. The third-order valence-electron chi connectivity index (χ3n) is 6.47. The van der Waals surface area contributed by atoms with E-state index in [2.05, 4.69) is 25.6 Å². The number of aromatic nitrogens is 1. The van der Waals surface area contributed by atoms with Crippen LogP contribution in [0.1, 0.15) is 36.6 Å². The number of esters is 1. The lowest BCUT2D eigenvalue weighted by Gasteiger charge is -2.24. The van der Waals surface area contributed by atoms with Gasteiger partial charge in [-0.3, -0.25) is 14.8 Å². The van der Waals surface area contributed by atoms with E-state index in [9.17, 15) is 14.7 Å². The molecule has 0 unspecified atom stereocenters. The molecule has 200 valence electrons. The van der Waals surface area contributed by atoms with Gasteiger partial charge in [-0.2, -0.15) is 4.98 Å². The maximum Gasteiger partial charge on any atom is 0.341 e. The average molecular weight is 564 g/mol. The summed E-state index contributed by atoms with van der Waals surface area (Å²) in [6.45, 7) is 1.99. The van der Waals surface area contributed by atoms with Gasteiger partial charge >= 0.3 is 5.97 Å². The van der Waals surface area contributed by atoms with Crippen LogP contribution >= 0.6 is 22.9 Å². The molecule has 2 aliphatic rings. The van der Waals surface area contributed by atoms with Crippen molar-refractivity contribution in [1.82, 2.24) is 4.98 Å². The number of anilines is 3. The zero-order valence-corrected chi connectivity index (χ0v) is 22.9. The van der Waals surface area contributed by atoms with Crippen LogP contribution in [0.3, 0.4) is 0 Å². The molecule has 1 fully saturated rings. The highest BCUT2D eigenvalue weighted by molar-refractivity contribution is 7.16. The van der Waals surface area contributed by atoms with E-state index in [1.165, 1.54) is 17.5 Å². The zero-order chi connectivity index (χ0) is 27.5. The van der Waals surface area contributed by atoms with Crippen LogP contribution in [-0.4, -0.2) is 41.3 Å². The van der Waals surface area contributed by atoms with Crippen LogP contribution in [0, 0.1) is 5.92 Å². The number of hydrogen-bond acceptors (Lipinski definition) is 9. The Bertz CT molecular complexity index is 1640. The van der Waals surface area contributed by atoms with Crippen LogP contribution in [0.2, 0.25) is 5.02 Å². The van der Waals surface area contributed by atoms with Crippen molar-refractivity contribution in [1.29, 1.82) is 0 Å². The molecule has 5 rings (SSSR count). The smallest absolute Gasteiger partial charge is 0.341 e. The van der Waals surface area contributed by atoms with Crippen molar-refractivity contribution in [2.45, 2.75) is 26.2 Å². The summed E-state index contributed by atoms with van der Waals surface area (Å²) in [5.41, 5.74) is 2.66. The molecule has 1 saturated carbocycles. The molecule has 0 spiro atoms. The van der Waals surface area contributed by atoms with Crippen LogP contribution in [0.5, 0.6) is 5.88 Å². The fourth-order valence-corrected chi connectivity index (χ4v) is 5.23. The lowest BCUT2D eigenvalue weighted by Crippen LogP contribution is -2.28. The Kier molecular flexibility index (Phi) is 7.76. The first-order valence-corrected chi connectivity index (χ1v) is 13.7. The first kappa shape index (κ1) is 26.6. The number of aromatic hydroxyl groups is 1. The number of nitrogens with one attached hydrogen (secondary N) is 2. The molecule has 3 N–H and O–H groups in total. The van der Waals surface area contributed by atoms with Gasteiger partial charge in [0.1, 0.15) is 5.57 Å². The first-order chi connectivity index (χ1) is 18.9. The molecule has 1 amide bonds. The molecule has 0 saturated heterocycles. The largest absolute Gasteiger partial charge is 0.492 e. The molecule has 0 atom stereocenters. The second-order valence-electron chi connectivity index (χ2n) is 9.03. The van der Waals surface area contributed by atoms with Crippen LogP contribution in [0.25, 0.3) is 6.08 Å². The van der Waals surface area contributed by atoms with Gasteiger partial charge in [0.15, 0.2) is 5.13 Å². The van der Waals surface area contributed by atoms with Crippen molar-refractivity contribution in [3.8, 4) is 5.88 Å². The summed E-state index contributed by atoms with van der Waals surface area (Å²) in [4.78, 5) is 38.1. The highest BCUT2D eigenvalue weighted by Crippen LogP contribution is 2.35. The van der Waals surface area contributed by atoms with Crippen molar-refractivity contribution < 1.29 is 19.4 Å². The van der Waals surface area contributed by atoms with Crippen molar-refractivity contribution in [3.05, 3.63) is 74.2 Å². The van der Waals surface area contributed by atoms with Gasteiger partial charge in [0.2, 0.25) is 11.8 Å². The van der Waals surface area contributed by atoms with Crippen LogP contribution in [0.4, 0.5) is 16.5 Å². The number of amides is 1. The van der Waals surface area contributed by atoms with E-state index >= 15 is 0 Å². The van der Waals surface area contributed by atoms with E-state index < -0.39 is 5.97 Å². The topological polar surface area (TPSA) is 125 Å². The monoisotopic (exact) mass is 563 g/mol. The van der Waals surface area contributed by atoms with Crippen molar-refractivity contribution >= 4 is 63.1 Å². The molecule has 1 aromatic heterocycles. The number of thiazole rings is 1. The second kappa shape index (κ2) is 11.4. The number of carbonyl (C=O) groups excluding carboxylic acids is 2. The van der Waals surface area contributed by atoms with Crippen LogP contribution < -0.4 is 21.2 Å². The van der Waals surface area contributed by atoms with Crippen molar-refractivity contribution in [2.24, 2.45) is 15.9 Å². The van der Waals surface area contributed by atoms with E-state index in [1.54, 1.807) is 38.2 Å². The van der Waals surface area contributed by atoms with Crippen LogP contribution in [0.15, 0.2) is 58.2 Å². The van der Waals surface area contributed by atoms with Crippen molar-refractivity contribution in [2.75, 3.05) is 24.3 Å². The van der Waals surface area contributed by atoms with Gasteiger partial charge in [-0.15, -0.1) is 0 Å². The molecule has 9 nitrogen and oxygen atoms in total. The minimum absolute atomic E-state index is 0.0114. The fraction of sp³-hybridized carbons (Fsp3) is 0.250. The summed E-state index contributed by atoms with van der Waals surface area (Å²) in [5.74, 6) is -0.553. The maximum absolute atomic E-state index is 12.4. The van der Waals surface area contributed by atoms with Gasteiger partial charge in [0, 0.05) is 30.4 Å². The Balaban J connectivity index is 1.39. The summed E-state index contributed by atoms with van der Waals surface area (Å²) in [7, 11) is 1.61. The maximum atomic E-state index is 12.4.